The van der Waals surface area contributed by atoms with Crippen LogP contribution >= 0.6 is 0 Å². The Kier molecular flexibility index (Phi) is 6.31. The van der Waals surface area contributed by atoms with Gasteiger partial charge in [0.15, 0.2) is 0 Å². The van der Waals surface area contributed by atoms with E-state index in [0.29, 0.717) is 16.5 Å². The van der Waals surface area contributed by atoms with E-state index in [9.17, 15) is 28.8 Å². The first-order valence-corrected chi connectivity index (χ1v) is 12.7. The van der Waals surface area contributed by atoms with Crippen molar-refractivity contribution in [2.75, 3.05) is 9.80 Å². The average molecular weight is 548 g/mol. The number of benzene rings is 3. The van der Waals surface area contributed by atoms with E-state index in [1.807, 2.05) is 0 Å². The molecule has 2 atom stereocenters. The van der Waals surface area contributed by atoms with Crippen LogP contribution in [0.15, 0.2) is 97.2 Å². The molecule has 11 heteroatoms. The maximum Gasteiger partial charge on any atom is 0.335 e. The lowest BCUT2D eigenvalue weighted by Gasteiger charge is -2.39. The van der Waals surface area contributed by atoms with E-state index in [4.69, 9.17) is 0 Å². The van der Waals surface area contributed by atoms with Gasteiger partial charge in [-0.25, -0.2) is 19.4 Å². The van der Waals surface area contributed by atoms with E-state index in [1.165, 1.54) is 36.5 Å². The summed E-state index contributed by atoms with van der Waals surface area (Å²) in [5, 5.41) is 4.92. The molecule has 2 saturated heterocycles. The number of nitrogens with zero attached hydrogens (tertiary/aromatic N) is 3. The molecule has 8 amide bonds. The Hall–Kier alpha value is -5.71. The van der Waals surface area contributed by atoms with E-state index in [1.54, 1.807) is 60.7 Å². The van der Waals surface area contributed by atoms with Gasteiger partial charge < -0.3 is 0 Å². The highest BCUT2D eigenvalue weighted by molar-refractivity contribution is 6.31. The van der Waals surface area contributed by atoms with Gasteiger partial charge >= 0.3 is 12.1 Å². The normalized spacial score (nSPS) is 20.2. The second kappa shape index (κ2) is 10.1. The second-order valence-corrected chi connectivity index (χ2v) is 9.51. The minimum atomic E-state index is -1.69. The van der Waals surface area contributed by atoms with Gasteiger partial charge in [-0.1, -0.05) is 54.6 Å². The number of nitrogens with one attached hydrogen (secondary N) is 2. The zero-order valence-electron chi connectivity index (χ0n) is 21.3. The van der Waals surface area contributed by atoms with Crippen molar-refractivity contribution in [3.05, 3.63) is 103 Å². The van der Waals surface area contributed by atoms with Crippen molar-refractivity contribution in [2.45, 2.75) is 5.92 Å². The van der Waals surface area contributed by atoms with Crippen molar-refractivity contribution in [3.63, 3.8) is 0 Å². The lowest BCUT2D eigenvalue weighted by Crippen LogP contribution is -2.64. The van der Waals surface area contributed by atoms with Gasteiger partial charge in [0.2, 0.25) is 23.6 Å². The number of aromatic nitrogens is 1. The highest BCUT2D eigenvalue weighted by atomic mass is 16.2. The zero-order chi connectivity index (χ0) is 28.7. The molecular formula is C30H21N5O6. The Bertz CT molecular complexity index is 1650. The standard InChI is InChI=1S/C30H21N5O6/c36-25-23(27(38)34(29(40)32-25)17-9-3-1-4-10-17)22(20-15-16-31-21-14-8-7-13-19(20)21)24-26(37)33-30(41)35(28(24)39)18-11-5-2-6-12-18/h1-16,22-24H,(H,32,36,40)(H,33,37,41). The van der Waals surface area contributed by atoms with Crippen LogP contribution in [-0.4, -0.2) is 40.7 Å². The predicted octanol–water partition coefficient (Wildman–Crippen LogP) is 3.12. The van der Waals surface area contributed by atoms with Crippen molar-refractivity contribution < 1.29 is 28.8 Å². The fourth-order valence-electron chi connectivity index (χ4n) is 5.42. The number of barbiturate groups is 2. The van der Waals surface area contributed by atoms with Gasteiger partial charge in [0.05, 0.1) is 16.9 Å². The minimum Gasteiger partial charge on any atom is -0.277 e. The van der Waals surface area contributed by atoms with Crippen molar-refractivity contribution >= 4 is 58.0 Å². The molecule has 41 heavy (non-hydrogen) atoms. The molecule has 0 aliphatic carbocycles. The third kappa shape index (κ3) is 4.29. The first-order valence-electron chi connectivity index (χ1n) is 12.7. The summed E-state index contributed by atoms with van der Waals surface area (Å²) in [7, 11) is 0. The van der Waals surface area contributed by atoms with Crippen molar-refractivity contribution in [2.24, 2.45) is 11.8 Å². The molecule has 11 nitrogen and oxygen atoms in total. The van der Waals surface area contributed by atoms with Gasteiger partial charge in [-0.05, 0) is 42.0 Å². The molecule has 2 aliphatic heterocycles. The Balaban J connectivity index is 1.55. The number of hydrogen-bond acceptors (Lipinski definition) is 7. The topological polar surface area (TPSA) is 146 Å². The van der Waals surface area contributed by atoms with Crippen LogP contribution in [0.2, 0.25) is 0 Å². The number of para-hydroxylation sites is 3. The number of amides is 8. The number of imide groups is 4. The molecule has 2 fully saturated rings. The highest BCUT2D eigenvalue weighted by Crippen LogP contribution is 2.41. The highest BCUT2D eigenvalue weighted by Gasteiger charge is 2.55. The molecule has 3 aromatic carbocycles. The van der Waals surface area contributed by atoms with E-state index in [0.717, 1.165) is 9.80 Å². The molecule has 0 bridgehead atoms. The fraction of sp³-hybridized carbons (Fsp3) is 0.100. The zero-order valence-corrected chi connectivity index (χ0v) is 21.3. The summed E-state index contributed by atoms with van der Waals surface area (Å²) in [4.78, 5) is 86.9. The molecule has 0 radical (unpaired) electrons. The molecule has 3 heterocycles. The number of pyridine rings is 1. The van der Waals surface area contributed by atoms with E-state index >= 15 is 0 Å². The molecule has 0 saturated carbocycles. The van der Waals surface area contributed by atoms with Crippen LogP contribution in [0.1, 0.15) is 11.5 Å². The first kappa shape index (κ1) is 25.6. The molecule has 4 aromatic rings. The Labute approximate surface area is 232 Å². The summed E-state index contributed by atoms with van der Waals surface area (Å²) in [6, 6.07) is 22.5. The molecule has 2 aliphatic rings. The Morgan fingerprint density at radius 1 is 0.585 bits per heavy atom. The van der Waals surface area contributed by atoms with Gasteiger partial charge in [-0.2, -0.15) is 0 Å². The quantitative estimate of drug-likeness (QED) is 0.365. The number of anilines is 2. The van der Waals surface area contributed by atoms with Gasteiger partial charge in [-0.3, -0.25) is 34.8 Å². The molecule has 1 aromatic heterocycles. The lowest BCUT2D eigenvalue weighted by molar-refractivity contribution is -0.139. The lowest BCUT2D eigenvalue weighted by atomic mass is 9.72. The third-order valence-electron chi connectivity index (χ3n) is 7.19. The number of carbonyl (C=O) groups is 6. The molecule has 2 N–H and O–H groups in total. The van der Waals surface area contributed by atoms with Crippen LogP contribution < -0.4 is 20.4 Å². The number of hydrogen-bond donors (Lipinski definition) is 2. The summed E-state index contributed by atoms with van der Waals surface area (Å²) >= 11 is 0. The van der Waals surface area contributed by atoms with Crippen LogP contribution in [-0.2, 0) is 19.2 Å². The average Bonchev–Trinajstić information content (AvgIpc) is 2.97. The van der Waals surface area contributed by atoms with Crippen LogP contribution in [0.5, 0.6) is 0 Å². The summed E-state index contributed by atoms with van der Waals surface area (Å²) in [6.45, 7) is 0. The number of rotatable bonds is 5. The monoisotopic (exact) mass is 547 g/mol. The van der Waals surface area contributed by atoms with Crippen LogP contribution in [0.25, 0.3) is 10.9 Å². The predicted molar refractivity (Wildman–Crippen MR) is 146 cm³/mol. The maximum atomic E-state index is 14.1. The van der Waals surface area contributed by atoms with E-state index in [2.05, 4.69) is 15.6 Å². The summed E-state index contributed by atoms with van der Waals surface area (Å²) in [6.07, 6.45) is 1.45. The number of carbonyl (C=O) groups excluding carboxylic acids is 6. The minimum absolute atomic E-state index is 0.200. The van der Waals surface area contributed by atoms with E-state index in [-0.39, 0.29) is 11.4 Å². The molecule has 6 rings (SSSR count). The van der Waals surface area contributed by atoms with Crippen LogP contribution in [0.3, 0.4) is 0 Å². The second-order valence-electron chi connectivity index (χ2n) is 9.51. The smallest absolute Gasteiger partial charge is 0.277 e. The molecular weight excluding hydrogens is 526 g/mol. The molecule has 202 valence electrons. The van der Waals surface area contributed by atoms with Gasteiger partial charge in [0, 0.05) is 17.5 Å². The Morgan fingerprint density at radius 3 is 1.56 bits per heavy atom. The third-order valence-corrected chi connectivity index (χ3v) is 7.19. The van der Waals surface area contributed by atoms with Crippen molar-refractivity contribution in [1.29, 1.82) is 0 Å². The van der Waals surface area contributed by atoms with Gasteiger partial charge in [0.25, 0.3) is 0 Å². The largest absolute Gasteiger partial charge is 0.335 e. The number of urea groups is 2. The summed E-state index contributed by atoms with van der Waals surface area (Å²) in [5.41, 5.74) is 1.20. The first-order chi connectivity index (χ1) is 19.9. The van der Waals surface area contributed by atoms with Crippen LogP contribution in [0, 0.1) is 11.8 Å². The summed E-state index contributed by atoms with van der Waals surface area (Å²) in [5.74, 6) is -8.57. The SMILES string of the molecule is O=C1NC(=O)N(c2ccccc2)C(=O)C1C(c1ccnc2ccccc12)C1C(=O)NC(=O)N(c2ccccc2)C1=O. The number of fused-ring (bicyclic) bond motifs is 1. The van der Waals surface area contributed by atoms with Crippen molar-refractivity contribution in [1.82, 2.24) is 15.6 Å². The fourth-order valence-corrected chi connectivity index (χ4v) is 5.42. The maximum absolute atomic E-state index is 14.1. The van der Waals surface area contributed by atoms with Crippen LogP contribution in [0.4, 0.5) is 21.0 Å². The molecule has 0 spiro atoms. The van der Waals surface area contributed by atoms with E-state index < -0.39 is 53.4 Å². The summed E-state index contributed by atoms with van der Waals surface area (Å²) < 4.78 is 0. The van der Waals surface area contributed by atoms with Crippen molar-refractivity contribution in [3.8, 4) is 0 Å². The van der Waals surface area contributed by atoms with Gasteiger partial charge in [0.1, 0.15) is 11.8 Å². The Morgan fingerprint density at radius 2 is 1.05 bits per heavy atom. The van der Waals surface area contributed by atoms with Gasteiger partial charge in [-0.15, -0.1) is 0 Å². The molecule has 2 unspecified atom stereocenters.